The minimum Gasteiger partial charge on any atom is -0.468 e. The molecule has 122 valence electrons. The molecule has 1 aromatic carbocycles. The van der Waals surface area contributed by atoms with Crippen LogP contribution in [0, 0.1) is 0 Å². The van der Waals surface area contributed by atoms with Crippen LogP contribution in [0.5, 0.6) is 11.5 Å². The van der Waals surface area contributed by atoms with E-state index in [1.165, 1.54) is 0 Å². The van der Waals surface area contributed by atoms with Crippen LogP contribution >= 0.6 is 0 Å². The third-order valence-electron chi connectivity index (χ3n) is 2.70. The number of methoxy groups -OCH3 is 2. The molecule has 0 spiro atoms. The third-order valence-corrected chi connectivity index (χ3v) is 2.70. The van der Waals surface area contributed by atoms with Crippen molar-refractivity contribution in [2.45, 2.75) is 0 Å². The van der Waals surface area contributed by atoms with Crippen molar-refractivity contribution >= 4 is 12.0 Å². The van der Waals surface area contributed by atoms with E-state index < -0.39 is 0 Å². The molecule has 0 saturated carbocycles. The molecule has 0 aliphatic rings. The summed E-state index contributed by atoms with van der Waals surface area (Å²) >= 11 is 0. The average Bonchev–Trinajstić information content (AvgIpc) is 2.60. The van der Waals surface area contributed by atoms with Crippen LogP contribution in [0.1, 0.15) is 5.56 Å². The van der Waals surface area contributed by atoms with Crippen molar-refractivity contribution in [3.8, 4) is 11.5 Å². The van der Waals surface area contributed by atoms with Crippen molar-refractivity contribution in [2.24, 2.45) is 5.10 Å². The number of hydrazone groups is 1. The van der Waals surface area contributed by atoms with E-state index in [2.05, 4.69) is 15.5 Å². The second-order valence-electron chi connectivity index (χ2n) is 4.39. The number of hydrogen-bond donors (Lipinski definition) is 1. The number of aromatic nitrogens is 1. The summed E-state index contributed by atoms with van der Waals surface area (Å²) in [6, 6.07) is 10.9. The van der Waals surface area contributed by atoms with E-state index in [1.807, 2.05) is 18.2 Å². The summed E-state index contributed by atoms with van der Waals surface area (Å²) in [5.41, 5.74) is 3.58. The predicted octanol–water partition coefficient (Wildman–Crippen LogP) is 2.49. The Balaban J connectivity index is 2.11. The lowest BCUT2D eigenvalue weighted by Crippen LogP contribution is -2.04. The summed E-state index contributed by atoms with van der Waals surface area (Å²) in [5, 5.41) is 4.16. The fourth-order valence-corrected chi connectivity index (χ4v) is 1.69. The number of pyridine rings is 1. The maximum absolute atomic E-state index is 5.50. The van der Waals surface area contributed by atoms with Gasteiger partial charge in [-0.1, -0.05) is 6.07 Å². The van der Waals surface area contributed by atoms with Crippen LogP contribution < -0.4 is 14.9 Å². The molecule has 0 radical (unpaired) electrons. The van der Waals surface area contributed by atoms with E-state index in [4.69, 9.17) is 18.9 Å². The first kappa shape index (κ1) is 16.7. The second-order valence-corrected chi connectivity index (χ2v) is 4.39. The topological polar surface area (TPSA) is 74.2 Å². The molecular weight excluding hydrogens is 298 g/mol. The first-order chi connectivity index (χ1) is 11.3. The van der Waals surface area contributed by atoms with Crippen LogP contribution in [0.15, 0.2) is 47.7 Å². The lowest BCUT2D eigenvalue weighted by atomic mass is 10.2. The van der Waals surface area contributed by atoms with E-state index in [-0.39, 0.29) is 13.6 Å². The SMILES string of the molecule is COCOc1ccc(OCOC)c(/C=N/Nc2ccccn2)c1. The smallest absolute Gasteiger partial charge is 0.188 e. The van der Waals surface area contributed by atoms with Crippen molar-refractivity contribution in [1.82, 2.24) is 4.98 Å². The van der Waals surface area contributed by atoms with Gasteiger partial charge in [0, 0.05) is 26.0 Å². The van der Waals surface area contributed by atoms with Gasteiger partial charge in [0.15, 0.2) is 13.6 Å². The number of benzene rings is 1. The van der Waals surface area contributed by atoms with Gasteiger partial charge in [-0.15, -0.1) is 0 Å². The molecule has 7 heteroatoms. The van der Waals surface area contributed by atoms with Crippen LogP contribution in [0.4, 0.5) is 5.82 Å². The third kappa shape index (κ3) is 5.57. The van der Waals surface area contributed by atoms with Crippen molar-refractivity contribution in [1.29, 1.82) is 0 Å². The van der Waals surface area contributed by atoms with E-state index in [1.54, 1.807) is 44.8 Å². The highest BCUT2D eigenvalue weighted by molar-refractivity contribution is 5.84. The van der Waals surface area contributed by atoms with Crippen molar-refractivity contribution in [3.63, 3.8) is 0 Å². The summed E-state index contributed by atoms with van der Waals surface area (Å²) in [5.74, 6) is 1.92. The van der Waals surface area contributed by atoms with Crippen molar-refractivity contribution in [3.05, 3.63) is 48.2 Å². The van der Waals surface area contributed by atoms with Gasteiger partial charge in [-0.3, -0.25) is 5.43 Å². The van der Waals surface area contributed by atoms with E-state index in [9.17, 15) is 0 Å². The Hall–Kier alpha value is -2.64. The quantitative estimate of drug-likeness (QED) is 0.435. The lowest BCUT2D eigenvalue weighted by molar-refractivity contribution is 0.0483. The number of hydrogen-bond acceptors (Lipinski definition) is 7. The van der Waals surface area contributed by atoms with Gasteiger partial charge in [-0.05, 0) is 30.3 Å². The highest BCUT2D eigenvalue weighted by atomic mass is 16.7. The molecule has 0 atom stereocenters. The zero-order valence-corrected chi connectivity index (χ0v) is 13.1. The summed E-state index contributed by atoms with van der Waals surface area (Å²) < 4.78 is 20.7. The molecule has 1 N–H and O–H groups in total. The summed E-state index contributed by atoms with van der Waals surface area (Å²) in [4.78, 5) is 4.12. The Morgan fingerprint density at radius 1 is 1.09 bits per heavy atom. The maximum Gasteiger partial charge on any atom is 0.188 e. The molecule has 23 heavy (non-hydrogen) atoms. The predicted molar refractivity (Wildman–Crippen MR) is 86.9 cm³/mol. The fraction of sp³-hybridized carbons (Fsp3) is 0.250. The summed E-state index contributed by atoms with van der Waals surface area (Å²) in [7, 11) is 3.13. The first-order valence-corrected chi connectivity index (χ1v) is 6.91. The number of nitrogens with one attached hydrogen (secondary N) is 1. The molecule has 0 unspecified atom stereocenters. The molecule has 0 aliphatic heterocycles. The second kappa shape index (κ2) is 9.39. The molecule has 0 saturated heterocycles. The highest BCUT2D eigenvalue weighted by Gasteiger charge is 2.05. The number of ether oxygens (including phenoxy) is 4. The highest BCUT2D eigenvalue weighted by Crippen LogP contribution is 2.23. The molecule has 2 rings (SSSR count). The maximum atomic E-state index is 5.50. The summed E-state index contributed by atoms with van der Waals surface area (Å²) in [6.45, 7) is 0.313. The molecular formula is C16H19N3O4. The molecule has 0 fully saturated rings. The lowest BCUT2D eigenvalue weighted by Gasteiger charge is -2.10. The number of anilines is 1. The Bertz CT molecular complexity index is 620. The Labute approximate surface area is 134 Å². The molecule has 1 heterocycles. The number of nitrogens with zero attached hydrogens (tertiary/aromatic N) is 2. The minimum atomic E-state index is 0.146. The van der Waals surface area contributed by atoms with E-state index >= 15 is 0 Å². The average molecular weight is 317 g/mol. The van der Waals surface area contributed by atoms with Gasteiger partial charge in [0.1, 0.15) is 17.3 Å². The van der Waals surface area contributed by atoms with Crippen LogP contribution in [0.25, 0.3) is 0 Å². The van der Waals surface area contributed by atoms with Crippen LogP contribution in [0.3, 0.4) is 0 Å². The summed E-state index contributed by atoms with van der Waals surface area (Å²) in [6.07, 6.45) is 3.31. The largest absolute Gasteiger partial charge is 0.468 e. The van der Waals surface area contributed by atoms with Crippen LogP contribution in [0.2, 0.25) is 0 Å². The van der Waals surface area contributed by atoms with Crippen LogP contribution in [-0.4, -0.2) is 39.0 Å². The Morgan fingerprint density at radius 3 is 2.65 bits per heavy atom. The van der Waals surface area contributed by atoms with Gasteiger partial charge in [-0.25, -0.2) is 4.98 Å². The van der Waals surface area contributed by atoms with Gasteiger partial charge in [-0.2, -0.15) is 5.10 Å². The molecule has 2 aromatic rings. The Kier molecular flexibility index (Phi) is 6.83. The standard InChI is InChI=1S/C16H19N3O4/c1-20-11-22-14-6-7-15(23-12-21-2)13(9-14)10-18-19-16-5-3-4-8-17-16/h3-10H,11-12H2,1-2H3,(H,17,19)/b18-10+. The van der Waals surface area contributed by atoms with Gasteiger partial charge in [0.05, 0.1) is 6.21 Å². The van der Waals surface area contributed by atoms with Crippen LogP contribution in [-0.2, 0) is 9.47 Å². The monoisotopic (exact) mass is 317 g/mol. The molecule has 0 amide bonds. The zero-order valence-electron chi connectivity index (χ0n) is 13.1. The van der Waals surface area contributed by atoms with Gasteiger partial charge >= 0.3 is 0 Å². The Morgan fingerprint density at radius 2 is 1.91 bits per heavy atom. The van der Waals surface area contributed by atoms with Crippen molar-refractivity contribution in [2.75, 3.05) is 33.2 Å². The number of rotatable bonds is 9. The first-order valence-electron chi connectivity index (χ1n) is 6.91. The minimum absolute atomic E-state index is 0.146. The van der Waals surface area contributed by atoms with Crippen molar-refractivity contribution < 1.29 is 18.9 Å². The normalized spacial score (nSPS) is 10.7. The van der Waals surface area contributed by atoms with Gasteiger partial charge in [0.2, 0.25) is 0 Å². The fourth-order valence-electron chi connectivity index (χ4n) is 1.69. The molecule has 0 aliphatic carbocycles. The van der Waals surface area contributed by atoms with E-state index in [0.717, 1.165) is 5.56 Å². The zero-order chi connectivity index (χ0) is 16.3. The molecule has 7 nitrogen and oxygen atoms in total. The molecule has 1 aromatic heterocycles. The van der Waals surface area contributed by atoms with E-state index in [0.29, 0.717) is 17.3 Å². The molecule has 0 bridgehead atoms. The van der Waals surface area contributed by atoms with Gasteiger partial charge in [0.25, 0.3) is 0 Å². The van der Waals surface area contributed by atoms with Gasteiger partial charge < -0.3 is 18.9 Å².